The van der Waals surface area contributed by atoms with Crippen molar-refractivity contribution in [3.8, 4) is 11.1 Å². The second-order valence-corrected chi connectivity index (χ2v) is 12.6. The summed E-state index contributed by atoms with van der Waals surface area (Å²) in [5.74, 6) is -1.64. The van der Waals surface area contributed by atoms with Gasteiger partial charge in [0.05, 0.1) is 21.2 Å². The predicted octanol–water partition coefficient (Wildman–Crippen LogP) is 5.98. The highest BCUT2D eigenvalue weighted by molar-refractivity contribution is 8.22. The van der Waals surface area contributed by atoms with Gasteiger partial charge in [-0.25, -0.2) is 4.79 Å². The van der Waals surface area contributed by atoms with Crippen LogP contribution in [0.2, 0.25) is 5.02 Å². The minimum absolute atomic E-state index is 0.0349. The van der Waals surface area contributed by atoms with Gasteiger partial charge in [0, 0.05) is 29.9 Å². The number of nitrogens with zero attached hydrogens (tertiary/aromatic N) is 2. The highest BCUT2D eigenvalue weighted by atomic mass is 35.5. The fraction of sp³-hybridized carbons (Fsp3) is 0.321. The van der Waals surface area contributed by atoms with Crippen LogP contribution in [0.4, 0.5) is 17.1 Å². The van der Waals surface area contributed by atoms with Crippen molar-refractivity contribution in [3.05, 3.63) is 71.2 Å². The molecule has 1 saturated carbocycles. The average molecular weight is 574 g/mol. The maximum atomic E-state index is 12.3. The van der Waals surface area contributed by atoms with Crippen LogP contribution in [-0.4, -0.2) is 53.7 Å². The quantitative estimate of drug-likeness (QED) is 0.207. The second-order valence-electron chi connectivity index (χ2n) is 10.1. The van der Waals surface area contributed by atoms with Gasteiger partial charge >= 0.3 is 5.97 Å². The van der Waals surface area contributed by atoms with Gasteiger partial charge in [-0.15, -0.1) is 10.8 Å². The number of benzene rings is 3. The molecule has 39 heavy (non-hydrogen) atoms. The Kier molecular flexibility index (Phi) is 7.32. The minimum Gasteiger partial charge on any atom is -0.478 e. The molecule has 3 aromatic rings. The van der Waals surface area contributed by atoms with E-state index in [1.165, 1.54) is 36.2 Å². The molecular weight excluding hydrogens is 542 g/mol. The van der Waals surface area contributed by atoms with Crippen molar-refractivity contribution in [2.75, 3.05) is 17.7 Å². The number of aliphatic hydroxyl groups is 2. The Balaban J connectivity index is 1.77. The van der Waals surface area contributed by atoms with Crippen LogP contribution in [-0.2, 0) is 0 Å². The molecule has 11 heteroatoms. The number of aliphatic hydroxyl groups excluding tert-OH is 1. The maximum Gasteiger partial charge on any atom is 0.337 e. The van der Waals surface area contributed by atoms with E-state index in [2.05, 4.69) is 0 Å². The average Bonchev–Trinajstić information content (AvgIpc) is 2.97. The van der Waals surface area contributed by atoms with E-state index in [0.717, 1.165) is 23.6 Å². The van der Waals surface area contributed by atoms with Gasteiger partial charge in [0.1, 0.15) is 0 Å². The van der Waals surface area contributed by atoms with Gasteiger partial charge in [0.25, 0.3) is 0 Å². The summed E-state index contributed by atoms with van der Waals surface area (Å²) < 4.78 is 24.7. The van der Waals surface area contributed by atoms with Gasteiger partial charge in [-0.2, -0.15) is 4.31 Å². The van der Waals surface area contributed by atoms with Crippen molar-refractivity contribution in [2.24, 2.45) is 5.92 Å². The van der Waals surface area contributed by atoms with Gasteiger partial charge < -0.3 is 26.0 Å². The molecule has 0 amide bonds. The molecule has 2 atom stereocenters. The van der Waals surface area contributed by atoms with Crippen molar-refractivity contribution in [1.82, 2.24) is 4.31 Å². The van der Waals surface area contributed by atoms with Crippen LogP contribution in [0, 0.1) is 5.92 Å². The normalized spacial score (nSPS) is 24.6. The summed E-state index contributed by atoms with van der Waals surface area (Å²) in [5, 5.41) is 33.9. The van der Waals surface area contributed by atoms with E-state index in [1.54, 1.807) is 30.3 Å². The number of carbonyl (C=O) groups is 1. The number of anilines is 3. The van der Waals surface area contributed by atoms with Crippen molar-refractivity contribution in [3.63, 3.8) is 0 Å². The van der Waals surface area contributed by atoms with E-state index in [9.17, 15) is 29.2 Å². The number of carboxylic acids is 1. The molecule has 0 radical (unpaired) electrons. The topological polar surface area (TPSA) is 151 Å². The Labute approximate surface area is 233 Å². The fourth-order valence-corrected chi connectivity index (χ4v) is 7.71. The van der Waals surface area contributed by atoms with Gasteiger partial charge in [0.15, 0.2) is 12.0 Å². The van der Waals surface area contributed by atoms with Crippen molar-refractivity contribution in [2.45, 2.75) is 49.0 Å². The second kappa shape index (κ2) is 10.3. The van der Waals surface area contributed by atoms with Gasteiger partial charge in [0.2, 0.25) is 0 Å². The van der Waals surface area contributed by atoms with Crippen LogP contribution in [0.25, 0.3) is 11.1 Å². The molecule has 1 aliphatic heterocycles. The molecule has 2 aliphatic rings. The Bertz CT molecular complexity index is 1400. The number of carboxylic acid groups (broad SMARTS) is 1. The van der Waals surface area contributed by atoms with Gasteiger partial charge in [-0.1, -0.05) is 55.1 Å². The number of hydrogen-bond acceptors (Lipinski definition) is 8. The summed E-state index contributed by atoms with van der Waals surface area (Å²) in [4.78, 5) is 13.2. The smallest absolute Gasteiger partial charge is 0.337 e. The van der Waals surface area contributed by atoms with Crippen LogP contribution < -0.4 is 10.6 Å². The van der Waals surface area contributed by atoms with Crippen LogP contribution in [0.1, 0.15) is 42.5 Å². The molecule has 0 bridgehead atoms. The third-order valence-corrected chi connectivity index (χ3v) is 10.2. The van der Waals surface area contributed by atoms with Crippen LogP contribution >= 0.6 is 22.4 Å². The molecule has 7 N–H and O–H groups in total. The number of para-hydroxylation sites is 1. The van der Waals surface area contributed by atoms with E-state index >= 15 is 0 Å². The molecule has 5 rings (SSSR count). The molecule has 0 aromatic heterocycles. The van der Waals surface area contributed by atoms with Gasteiger partial charge in [-0.3, -0.25) is 9.11 Å². The van der Waals surface area contributed by atoms with Gasteiger partial charge in [-0.05, 0) is 54.8 Å². The molecule has 2 unspecified atom stereocenters. The lowest BCUT2D eigenvalue weighted by atomic mass is 9.80. The van der Waals surface area contributed by atoms with Crippen molar-refractivity contribution in [1.29, 1.82) is 0 Å². The molecule has 0 saturated heterocycles. The van der Waals surface area contributed by atoms with E-state index in [4.69, 9.17) is 17.3 Å². The SMILES string of the molecule is CN1C(O)(C2CCCCC2)C(O)N(c2ccccc2)c2cc(Cl)c(-c3ccc(N)c(C(=O)O)c3)cc2S1(O)O. The summed E-state index contributed by atoms with van der Waals surface area (Å²) in [6, 6.07) is 16.3. The summed E-state index contributed by atoms with van der Waals surface area (Å²) in [6.45, 7) is 0. The first-order chi connectivity index (χ1) is 18.5. The highest BCUT2D eigenvalue weighted by Crippen LogP contribution is 2.63. The minimum atomic E-state index is -3.89. The summed E-state index contributed by atoms with van der Waals surface area (Å²) in [7, 11) is -2.48. The summed E-state index contributed by atoms with van der Waals surface area (Å²) in [5.41, 5.74) is 5.28. The lowest BCUT2D eigenvalue weighted by molar-refractivity contribution is -0.180. The number of rotatable bonds is 4. The number of aromatic carboxylic acids is 1. The third kappa shape index (κ3) is 4.55. The third-order valence-electron chi connectivity index (χ3n) is 7.95. The molecular formula is C28H32ClN3O6S. The molecule has 1 aliphatic carbocycles. The lowest BCUT2D eigenvalue weighted by Gasteiger charge is -2.52. The molecule has 1 fully saturated rings. The summed E-state index contributed by atoms with van der Waals surface area (Å²) >= 11 is 6.75. The summed E-state index contributed by atoms with van der Waals surface area (Å²) in [6.07, 6.45) is 2.36. The van der Waals surface area contributed by atoms with Crippen LogP contribution in [0.15, 0.2) is 65.6 Å². The zero-order valence-corrected chi connectivity index (χ0v) is 22.9. The number of likely N-dealkylation sites (N-methyl/N-ethyl adjacent to an activating group) is 1. The molecule has 208 valence electrons. The largest absolute Gasteiger partial charge is 0.478 e. The number of halogens is 1. The number of fused-ring (bicyclic) bond motifs is 1. The number of nitrogen functional groups attached to an aromatic ring is 1. The Morgan fingerprint density at radius 3 is 2.36 bits per heavy atom. The lowest BCUT2D eigenvalue weighted by Crippen LogP contribution is -2.63. The van der Waals surface area contributed by atoms with E-state index < -0.39 is 34.6 Å². The maximum absolute atomic E-state index is 12.3. The van der Waals surface area contributed by atoms with Crippen molar-refractivity contribution >= 4 is 45.4 Å². The predicted molar refractivity (Wildman–Crippen MR) is 153 cm³/mol. The Morgan fingerprint density at radius 1 is 1.05 bits per heavy atom. The zero-order chi connectivity index (χ0) is 28.1. The Morgan fingerprint density at radius 2 is 1.72 bits per heavy atom. The van der Waals surface area contributed by atoms with E-state index in [0.29, 0.717) is 29.7 Å². The Hall–Kier alpha value is -2.83. The monoisotopic (exact) mass is 573 g/mol. The first kappa shape index (κ1) is 27.7. The first-order valence-electron chi connectivity index (χ1n) is 12.7. The molecule has 0 spiro atoms. The number of hydrogen-bond donors (Lipinski definition) is 6. The molecule has 3 aromatic carbocycles. The van der Waals surface area contributed by atoms with E-state index in [1.807, 2.05) is 6.07 Å². The van der Waals surface area contributed by atoms with Crippen LogP contribution in [0.3, 0.4) is 0 Å². The first-order valence-corrected chi connectivity index (χ1v) is 14.6. The van der Waals surface area contributed by atoms with Crippen LogP contribution in [0.5, 0.6) is 0 Å². The number of nitrogens with two attached hydrogens (primary N) is 1. The highest BCUT2D eigenvalue weighted by Gasteiger charge is 2.56. The zero-order valence-electron chi connectivity index (χ0n) is 21.4. The van der Waals surface area contributed by atoms with Crippen molar-refractivity contribution < 1.29 is 29.2 Å². The molecule has 1 heterocycles. The standard InChI is InChI=1S/C28H32ClN3O6S/c1-31-28(36,18-8-4-2-5-9-18)27(35)32(19-10-6-3-7-11-19)24-16-22(29)20(15-25(24)39(31,37)38)17-12-13-23(30)21(14-17)26(33)34/h3,6-7,10-16,18,27,35-38H,2,4-5,8-9,30H2,1H3,(H,33,34). The molecule has 9 nitrogen and oxygen atoms in total. The fourth-order valence-electron chi connectivity index (χ4n) is 5.78. The van der Waals surface area contributed by atoms with E-state index in [-0.39, 0.29) is 26.9 Å².